The molecule has 0 radical (unpaired) electrons. The first-order valence-electron chi connectivity index (χ1n) is 10.8. The fourth-order valence-electron chi connectivity index (χ4n) is 4.69. The minimum absolute atomic E-state index is 0.864. The Morgan fingerprint density at radius 3 is 2.19 bits per heavy atom. The zero-order valence-corrected chi connectivity index (χ0v) is 17.4. The third-order valence-electron chi connectivity index (χ3n) is 6.30. The van der Waals surface area contributed by atoms with Gasteiger partial charge in [0.1, 0.15) is 11.2 Å². The predicted octanol–water partition coefficient (Wildman–Crippen LogP) is 8.31. The molecule has 0 aliphatic carbocycles. The van der Waals surface area contributed by atoms with Crippen LogP contribution in [0.25, 0.3) is 43.8 Å². The van der Waals surface area contributed by atoms with E-state index in [0.717, 1.165) is 23.2 Å². The van der Waals surface area contributed by atoms with Crippen LogP contribution >= 0.6 is 0 Å². The average Bonchev–Trinajstić information content (AvgIpc) is 3.22. The predicted molar refractivity (Wildman–Crippen MR) is 131 cm³/mol. The van der Waals surface area contributed by atoms with Gasteiger partial charge >= 0.3 is 0 Å². The van der Waals surface area contributed by atoms with Crippen LogP contribution in [-0.4, -0.2) is 0 Å². The normalized spacial score (nSPS) is 11.5. The van der Waals surface area contributed by atoms with Crippen molar-refractivity contribution in [1.29, 1.82) is 0 Å². The third kappa shape index (κ3) is 2.93. The van der Waals surface area contributed by atoms with E-state index in [0.29, 0.717) is 0 Å². The second-order valence-electron chi connectivity index (χ2n) is 8.21. The van der Waals surface area contributed by atoms with Gasteiger partial charge < -0.3 is 4.42 Å². The van der Waals surface area contributed by atoms with Gasteiger partial charge in [-0.3, -0.25) is 0 Å². The van der Waals surface area contributed by atoms with Crippen LogP contribution in [0.15, 0.2) is 108 Å². The minimum Gasteiger partial charge on any atom is -0.455 e. The summed E-state index contributed by atoms with van der Waals surface area (Å²) < 4.78 is 6.69. The molecular formula is C30H22O. The average molecular weight is 399 g/mol. The van der Waals surface area contributed by atoms with Gasteiger partial charge in [0.15, 0.2) is 0 Å². The second kappa shape index (κ2) is 7.14. The highest BCUT2D eigenvalue weighted by molar-refractivity contribution is 6.22. The van der Waals surface area contributed by atoms with Crippen molar-refractivity contribution in [3.63, 3.8) is 0 Å². The molecule has 0 bridgehead atoms. The number of fused-ring (bicyclic) bond motifs is 5. The van der Waals surface area contributed by atoms with Gasteiger partial charge in [0.05, 0.1) is 0 Å². The van der Waals surface area contributed by atoms with Crippen molar-refractivity contribution < 1.29 is 4.42 Å². The van der Waals surface area contributed by atoms with E-state index >= 15 is 0 Å². The Morgan fingerprint density at radius 2 is 1.32 bits per heavy atom. The number of benzene rings is 5. The number of hydrogen-bond acceptors (Lipinski definition) is 1. The Balaban J connectivity index is 1.69. The molecule has 1 heteroatoms. The summed E-state index contributed by atoms with van der Waals surface area (Å²) in [5.41, 5.74) is 8.16. The molecule has 0 unspecified atom stereocenters. The summed E-state index contributed by atoms with van der Waals surface area (Å²) in [6.07, 6.45) is 0.864. The lowest BCUT2D eigenvalue weighted by Crippen LogP contribution is -1.91. The van der Waals surface area contributed by atoms with E-state index in [4.69, 9.17) is 4.42 Å². The minimum atomic E-state index is 0.864. The molecule has 0 aliphatic heterocycles. The number of aryl methyl sites for hydroxylation is 1. The zero-order chi connectivity index (χ0) is 20.8. The highest BCUT2D eigenvalue weighted by Gasteiger charge is 2.18. The summed E-state index contributed by atoms with van der Waals surface area (Å²) in [4.78, 5) is 0. The zero-order valence-electron chi connectivity index (χ0n) is 17.4. The molecule has 0 aliphatic rings. The highest BCUT2D eigenvalue weighted by Crippen LogP contribution is 2.42. The van der Waals surface area contributed by atoms with Crippen LogP contribution in [0, 0.1) is 6.92 Å². The Bertz CT molecular complexity index is 1550. The lowest BCUT2D eigenvalue weighted by atomic mass is 9.95. The summed E-state index contributed by atoms with van der Waals surface area (Å²) in [6, 6.07) is 36.6. The van der Waals surface area contributed by atoms with Gasteiger partial charge in [-0.15, -0.1) is 0 Å². The van der Waals surface area contributed by atoms with Gasteiger partial charge in [-0.2, -0.15) is 0 Å². The molecule has 0 N–H and O–H groups in total. The molecule has 5 aromatic carbocycles. The van der Waals surface area contributed by atoms with Crippen molar-refractivity contribution in [2.24, 2.45) is 0 Å². The van der Waals surface area contributed by atoms with Gasteiger partial charge in [0.25, 0.3) is 0 Å². The molecule has 0 saturated heterocycles. The van der Waals surface area contributed by atoms with E-state index in [1.54, 1.807) is 0 Å². The van der Waals surface area contributed by atoms with Gasteiger partial charge in [0.2, 0.25) is 0 Å². The molecule has 1 nitrogen and oxygen atoms in total. The van der Waals surface area contributed by atoms with Crippen molar-refractivity contribution >= 4 is 32.7 Å². The van der Waals surface area contributed by atoms with Gasteiger partial charge in [-0.05, 0) is 46.0 Å². The first kappa shape index (κ1) is 18.0. The molecule has 1 heterocycles. The van der Waals surface area contributed by atoms with Crippen molar-refractivity contribution in [2.45, 2.75) is 13.3 Å². The van der Waals surface area contributed by atoms with Crippen LogP contribution in [-0.2, 0) is 6.42 Å². The van der Waals surface area contributed by atoms with Crippen LogP contribution in [0.3, 0.4) is 0 Å². The van der Waals surface area contributed by atoms with Crippen LogP contribution in [0.5, 0.6) is 0 Å². The van der Waals surface area contributed by atoms with Crippen LogP contribution < -0.4 is 0 Å². The largest absolute Gasteiger partial charge is 0.455 e. The highest BCUT2D eigenvalue weighted by atomic mass is 16.3. The van der Waals surface area contributed by atoms with E-state index in [-0.39, 0.29) is 0 Å². The SMILES string of the molecule is Cc1ccccc1Cc1cccc2c1oc1c(-c3ccccc3)cc3ccccc3c12. The van der Waals surface area contributed by atoms with Crippen LogP contribution in [0.2, 0.25) is 0 Å². The molecule has 1 aromatic heterocycles. The van der Waals surface area contributed by atoms with Gasteiger partial charge in [-0.1, -0.05) is 97.1 Å². The molecule has 6 rings (SSSR count). The lowest BCUT2D eigenvalue weighted by Gasteiger charge is -2.06. The summed E-state index contributed by atoms with van der Waals surface area (Å²) in [6.45, 7) is 2.18. The Labute approximate surface area is 181 Å². The van der Waals surface area contributed by atoms with E-state index < -0.39 is 0 Å². The van der Waals surface area contributed by atoms with Crippen molar-refractivity contribution in [3.8, 4) is 11.1 Å². The molecule has 31 heavy (non-hydrogen) atoms. The molecular weight excluding hydrogens is 376 g/mol. The molecule has 0 atom stereocenters. The summed E-state index contributed by atoms with van der Waals surface area (Å²) in [5, 5.41) is 4.87. The third-order valence-corrected chi connectivity index (χ3v) is 6.30. The number of rotatable bonds is 3. The van der Waals surface area contributed by atoms with Crippen LogP contribution in [0.1, 0.15) is 16.7 Å². The number of para-hydroxylation sites is 1. The quantitative estimate of drug-likeness (QED) is 0.292. The topological polar surface area (TPSA) is 13.1 Å². The van der Waals surface area contributed by atoms with E-state index in [2.05, 4.69) is 110 Å². The van der Waals surface area contributed by atoms with E-state index in [1.807, 2.05) is 0 Å². The maximum absolute atomic E-state index is 6.69. The van der Waals surface area contributed by atoms with E-state index in [1.165, 1.54) is 43.8 Å². The number of furan rings is 1. The smallest absolute Gasteiger partial charge is 0.143 e. The summed E-state index contributed by atoms with van der Waals surface area (Å²) >= 11 is 0. The van der Waals surface area contributed by atoms with Crippen molar-refractivity contribution in [3.05, 3.63) is 120 Å². The fraction of sp³-hybridized carbons (Fsp3) is 0.0667. The molecule has 6 aromatic rings. The molecule has 0 saturated carbocycles. The second-order valence-corrected chi connectivity index (χ2v) is 8.21. The summed E-state index contributed by atoms with van der Waals surface area (Å²) in [5.74, 6) is 0. The maximum atomic E-state index is 6.69. The van der Waals surface area contributed by atoms with Crippen molar-refractivity contribution in [1.82, 2.24) is 0 Å². The number of hydrogen-bond donors (Lipinski definition) is 0. The monoisotopic (exact) mass is 398 g/mol. The fourth-order valence-corrected chi connectivity index (χ4v) is 4.69. The lowest BCUT2D eigenvalue weighted by molar-refractivity contribution is 0.665. The molecule has 0 amide bonds. The van der Waals surface area contributed by atoms with Gasteiger partial charge in [-0.25, -0.2) is 0 Å². The Morgan fingerprint density at radius 1 is 0.613 bits per heavy atom. The summed E-state index contributed by atoms with van der Waals surface area (Å²) in [7, 11) is 0. The molecule has 0 spiro atoms. The Kier molecular flexibility index (Phi) is 4.14. The first-order valence-corrected chi connectivity index (χ1v) is 10.8. The van der Waals surface area contributed by atoms with E-state index in [9.17, 15) is 0 Å². The Hall–Kier alpha value is -3.84. The standard InChI is InChI=1S/C30H22O/c1-20-10-5-6-13-22(20)18-24-15-9-17-26-28-25-16-8-7-14-23(25)19-27(30(28)31-29(24)26)21-11-3-2-4-12-21/h2-17,19H,18H2,1H3. The van der Waals surface area contributed by atoms with Gasteiger partial charge in [0, 0.05) is 22.8 Å². The van der Waals surface area contributed by atoms with Crippen molar-refractivity contribution in [2.75, 3.05) is 0 Å². The molecule has 148 valence electrons. The molecule has 0 fully saturated rings. The van der Waals surface area contributed by atoms with Crippen LogP contribution in [0.4, 0.5) is 0 Å². The first-order chi connectivity index (χ1) is 15.3. The maximum Gasteiger partial charge on any atom is 0.143 e.